The highest BCUT2D eigenvalue weighted by atomic mass is 35.5. The van der Waals surface area contributed by atoms with Crippen LogP contribution in [0.4, 0.5) is 17.1 Å². The molecule has 29 heavy (non-hydrogen) atoms. The largest absolute Gasteiger partial charge is 0.322 e. The summed E-state index contributed by atoms with van der Waals surface area (Å²) in [5.74, 6) is -0.952. The lowest BCUT2D eigenvalue weighted by atomic mass is 10.1. The Kier molecular flexibility index (Phi) is 6.11. The first-order chi connectivity index (χ1) is 13.8. The van der Waals surface area contributed by atoms with Crippen molar-refractivity contribution in [2.45, 2.75) is 0 Å². The Morgan fingerprint density at radius 3 is 2.10 bits per heavy atom. The Morgan fingerprint density at radius 2 is 1.45 bits per heavy atom. The molecule has 0 aromatic heterocycles. The van der Waals surface area contributed by atoms with Crippen LogP contribution in [-0.2, 0) is 0 Å². The number of benzene rings is 3. The maximum atomic E-state index is 12.4. The van der Waals surface area contributed by atoms with Crippen LogP contribution in [0.5, 0.6) is 0 Å². The molecule has 0 fully saturated rings. The molecule has 3 aromatic carbocycles. The van der Waals surface area contributed by atoms with E-state index in [1.807, 2.05) is 0 Å². The maximum absolute atomic E-state index is 12.4. The standard InChI is InChI=1S/C20H13Cl2N3O4/c21-16-7-2-1-6-15(16)20(27)24-14-5-3-4-13(11-14)23-19(26)12-8-9-17(22)18(10-12)25(28)29/h1-11H,(H,23,26)(H,24,27). The van der Waals surface area contributed by atoms with Crippen LogP contribution >= 0.6 is 23.2 Å². The van der Waals surface area contributed by atoms with Crippen molar-refractivity contribution in [3.05, 3.63) is 98.0 Å². The number of anilines is 2. The Morgan fingerprint density at radius 1 is 0.793 bits per heavy atom. The SMILES string of the molecule is O=C(Nc1cccc(NC(=O)c2ccccc2Cl)c1)c1ccc(Cl)c([N+](=O)[O-])c1. The van der Waals surface area contributed by atoms with Crippen molar-refractivity contribution >= 4 is 52.1 Å². The van der Waals surface area contributed by atoms with E-state index in [9.17, 15) is 19.7 Å². The van der Waals surface area contributed by atoms with Crippen LogP contribution in [0.2, 0.25) is 10.0 Å². The van der Waals surface area contributed by atoms with Gasteiger partial charge in [0.1, 0.15) is 5.02 Å². The lowest BCUT2D eigenvalue weighted by Crippen LogP contribution is -2.14. The first-order valence-corrected chi connectivity index (χ1v) is 9.02. The first-order valence-electron chi connectivity index (χ1n) is 8.26. The van der Waals surface area contributed by atoms with Crippen molar-refractivity contribution in [2.24, 2.45) is 0 Å². The fourth-order valence-electron chi connectivity index (χ4n) is 2.52. The number of nitro groups is 1. The summed E-state index contributed by atoms with van der Waals surface area (Å²) in [6.07, 6.45) is 0. The minimum atomic E-state index is -0.663. The van der Waals surface area contributed by atoms with Gasteiger partial charge in [0.15, 0.2) is 0 Å². The minimum Gasteiger partial charge on any atom is -0.322 e. The van der Waals surface area contributed by atoms with Crippen LogP contribution in [0.25, 0.3) is 0 Å². The van der Waals surface area contributed by atoms with Crippen molar-refractivity contribution in [1.29, 1.82) is 0 Å². The number of hydrogen-bond donors (Lipinski definition) is 2. The highest BCUT2D eigenvalue weighted by Crippen LogP contribution is 2.26. The van der Waals surface area contributed by atoms with Crippen LogP contribution in [-0.4, -0.2) is 16.7 Å². The molecule has 2 amide bonds. The average Bonchev–Trinajstić information content (AvgIpc) is 2.68. The van der Waals surface area contributed by atoms with Gasteiger partial charge in [-0.2, -0.15) is 0 Å². The van der Waals surface area contributed by atoms with E-state index in [-0.39, 0.29) is 16.3 Å². The molecule has 0 radical (unpaired) electrons. The molecule has 9 heteroatoms. The van der Waals surface area contributed by atoms with Crippen LogP contribution < -0.4 is 10.6 Å². The Labute approximate surface area is 175 Å². The molecule has 0 heterocycles. The molecule has 2 N–H and O–H groups in total. The van der Waals surface area contributed by atoms with Crippen LogP contribution in [0.15, 0.2) is 66.7 Å². The summed E-state index contributed by atoms with van der Waals surface area (Å²) in [5.41, 5.74) is 0.864. The number of nitrogens with one attached hydrogen (secondary N) is 2. The molecule has 3 aromatic rings. The van der Waals surface area contributed by atoms with E-state index < -0.39 is 16.7 Å². The summed E-state index contributed by atoms with van der Waals surface area (Å²) in [5, 5.41) is 16.6. The predicted octanol–water partition coefficient (Wildman–Crippen LogP) is 5.41. The molecule has 0 spiro atoms. The van der Waals surface area contributed by atoms with Crippen molar-refractivity contribution in [3.8, 4) is 0 Å². The molecule has 0 saturated carbocycles. The molecule has 3 rings (SSSR count). The van der Waals surface area contributed by atoms with Gasteiger partial charge >= 0.3 is 0 Å². The lowest BCUT2D eigenvalue weighted by molar-refractivity contribution is -0.384. The zero-order valence-electron chi connectivity index (χ0n) is 14.7. The molecule has 0 saturated heterocycles. The van der Waals surface area contributed by atoms with Gasteiger partial charge in [-0.05, 0) is 42.5 Å². The lowest BCUT2D eigenvalue weighted by Gasteiger charge is -2.10. The van der Waals surface area contributed by atoms with Gasteiger partial charge < -0.3 is 10.6 Å². The quantitative estimate of drug-likeness (QED) is 0.418. The number of nitrogens with zero attached hydrogens (tertiary/aromatic N) is 1. The normalized spacial score (nSPS) is 10.3. The van der Waals surface area contributed by atoms with E-state index in [0.717, 1.165) is 6.07 Å². The molecule has 0 aliphatic carbocycles. The predicted molar refractivity (Wildman–Crippen MR) is 112 cm³/mol. The monoisotopic (exact) mass is 429 g/mol. The zero-order valence-corrected chi connectivity index (χ0v) is 16.2. The smallest absolute Gasteiger partial charge is 0.288 e. The molecule has 0 atom stereocenters. The Balaban J connectivity index is 1.75. The second kappa shape index (κ2) is 8.72. The number of amides is 2. The van der Waals surface area contributed by atoms with Crippen LogP contribution in [0.3, 0.4) is 0 Å². The van der Waals surface area contributed by atoms with Crippen LogP contribution in [0.1, 0.15) is 20.7 Å². The highest BCUT2D eigenvalue weighted by Gasteiger charge is 2.17. The molecule has 0 aliphatic heterocycles. The average molecular weight is 430 g/mol. The third-order valence-corrected chi connectivity index (χ3v) is 4.55. The number of carbonyl (C=O) groups excluding carboxylic acids is 2. The van der Waals surface area contributed by atoms with Crippen molar-refractivity contribution in [2.75, 3.05) is 10.6 Å². The van der Waals surface area contributed by atoms with E-state index in [1.54, 1.807) is 48.5 Å². The second-order valence-corrected chi connectivity index (χ2v) is 6.71. The summed E-state index contributed by atoms with van der Waals surface area (Å²) >= 11 is 11.8. The Bertz CT molecular complexity index is 1120. The van der Waals surface area contributed by atoms with E-state index in [2.05, 4.69) is 10.6 Å². The zero-order chi connectivity index (χ0) is 21.0. The fraction of sp³-hybridized carbons (Fsp3) is 0. The summed E-state index contributed by atoms with van der Waals surface area (Å²) in [6.45, 7) is 0. The molecular weight excluding hydrogens is 417 g/mol. The number of rotatable bonds is 5. The third-order valence-electron chi connectivity index (χ3n) is 3.90. The van der Waals surface area contributed by atoms with Crippen molar-refractivity contribution < 1.29 is 14.5 Å². The molecule has 146 valence electrons. The number of nitro benzene ring substituents is 1. The third kappa shape index (κ3) is 4.90. The number of halogens is 2. The van der Waals surface area contributed by atoms with Crippen molar-refractivity contribution in [1.82, 2.24) is 0 Å². The molecule has 7 nitrogen and oxygen atoms in total. The van der Waals surface area contributed by atoms with E-state index in [4.69, 9.17) is 23.2 Å². The number of hydrogen-bond acceptors (Lipinski definition) is 4. The van der Waals surface area contributed by atoms with E-state index in [1.165, 1.54) is 12.1 Å². The van der Waals surface area contributed by atoms with Gasteiger partial charge in [-0.25, -0.2) is 0 Å². The van der Waals surface area contributed by atoms with Gasteiger partial charge in [0.2, 0.25) is 0 Å². The molecule has 0 unspecified atom stereocenters. The fourth-order valence-corrected chi connectivity index (χ4v) is 2.92. The summed E-state index contributed by atoms with van der Waals surface area (Å²) < 4.78 is 0. The van der Waals surface area contributed by atoms with Gasteiger partial charge in [0.25, 0.3) is 17.5 Å². The van der Waals surface area contributed by atoms with Gasteiger partial charge in [0.05, 0.1) is 15.5 Å². The van der Waals surface area contributed by atoms with Crippen molar-refractivity contribution in [3.63, 3.8) is 0 Å². The topological polar surface area (TPSA) is 101 Å². The van der Waals surface area contributed by atoms with Gasteiger partial charge in [-0.3, -0.25) is 19.7 Å². The maximum Gasteiger partial charge on any atom is 0.288 e. The summed E-state index contributed by atoms with van der Waals surface area (Å²) in [6, 6.07) is 16.8. The van der Waals surface area contributed by atoms with Gasteiger partial charge in [-0.1, -0.05) is 41.4 Å². The number of carbonyl (C=O) groups is 2. The second-order valence-electron chi connectivity index (χ2n) is 5.89. The molecular formula is C20H13Cl2N3O4. The van der Waals surface area contributed by atoms with E-state index >= 15 is 0 Å². The van der Waals surface area contributed by atoms with Crippen LogP contribution in [0, 0.1) is 10.1 Å². The Hall–Kier alpha value is -3.42. The highest BCUT2D eigenvalue weighted by molar-refractivity contribution is 6.34. The van der Waals surface area contributed by atoms with E-state index in [0.29, 0.717) is 22.0 Å². The van der Waals surface area contributed by atoms with Gasteiger partial charge in [-0.15, -0.1) is 0 Å². The molecule has 0 bridgehead atoms. The summed E-state index contributed by atoms with van der Waals surface area (Å²) in [4.78, 5) is 35.1. The summed E-state index contributed by atoms with van der Waals surface area (Å²) in [7, 11) is 0. The molecule has 0 aliphatic rings. The minimum absolute atomic E-state index is 0.0594. The first kappa shape index (κ1) is 20.3. The van der Waals surface area contributed by atoms with Gasteiger partial charge in [0, 0.05) is 23.0 Å².